The lowest BCUT2D eigenvalue weighted by Gasteiger charge is -2.38. The van der Waals surface area contributed by atoms with Gasteiger partial charge in [-0.1, -0.05) is 12.1 Å². The quantitative estimate of drug-likeness (QED) is 0.767. The van der Waals surface area contributed by atoms with Crippen LogP contribution in [0.3, 0.4) is 0 Å². The number of aliphatic hydroxyl groups is 1. The third-order valence-corrected chi connectivity index (χ3v) is 5.20. The minimum Gasteiger partial charge on any atom is -0.491 e. The van der Waals surface area contributed by atoms with Crippen LogP contribution >= 0.6 is 0 Å². The normalized spacial score (nSPS) is 16.3. The van der Waals surface area contributed by atoms with E-state index in [0.717, 1.165) is 26.1 Å². The van der Waals surface area contributed by atoms with Crippen molar-refractivity contribution >= 4 is 5.97 Å². The molecule has 1 aliphatic rings. The second-order valence-corrected chi connectivity index (χ2v) is 7.24. The Morgan fingerprint density at radius 3 is 2.32 bits per heavy atom. The van der Waals surface area contributed by atoms with E-state index in [-0.39, 0.29) is 12.2 Å². The zero-order valence-electron chi connectivity index (χ0n) is 15.7. The van der Waals surface area contributed by atoms with Crippen LogP contribution in [0.15, 0.2) is 48.5 Å². The first-order valence-corrected chi connectivity index (χ1v) is 9.37. The Bertz CT molecular complexity index is 832. The fraction of sp³-hybridized carbons (Fsp3) is 0.364. The lowest BCUT2D eigenvalue weighted by molar-refractivity contribution is -0.0521. The Balaban J connectivity index is 1.43. The molecular formula is C22H24N2O4. The number of nitriles is 1. The van der Waals surface area contributed by atoms with Gasteiger partial charge in [-0.2, -0.15) is 5.26 Å². The van der Waals surface area contributed by atoms with Crippen LogP contribution in [0.1, 0.15) is 34.3 Å². The van der Waals surface area contributed by atoms with Crippen molar-refractivity contribution in [1.29, 1.82) is 5.26 Å². The average molecular weight is 380 g/mol. The number of benzene rings is 2. The van der Waals surface area contributed by atoms with Crippen molar-refractivity contribution in [1.82, 2.24) is 4.90 Å². The molecule has 6 heteroatoms. The number of ether oxygens (including phenoxy) is 1. The van der Waals surface area contributed by atoms with Gasteiger partial charge in [0.25, 0.3) is 0 Å². The number of carboxylic acids is 1. The molecule has 2 N–H and O–H groups in total. The number of hydrogen-bond donors (Lipinski definition) is 2. The SMILES string of the molecule is N#Cc1ccc(CCN2CCC(O)(COc3ccc(C(=O)O)cc3)CC2)cc1. The highest BCUT2D eigenvalue weighted by Gasteiger charge is 2.33. The Labute approximate surface area is 164 Å². The van der Waals surface area contributed by atoms with E-state index in [1.807, 2.05) is 24.3 Å². The second-order valence-electron chi connectivity index (χ2n) is 7.24. The Morgan fingerprint density at radius 1 is 1.11 bits per heavy atom. The molecule has 1 aliphatic heterocycles. The summed E-state index contributed by atoms with van der Waals surface area (Å²) in [5.41, 5.74) is 1.22. The van der Waals surface area contributed by atoms with Crippen LogP contribution in [-0.2, 0) is 6.42 Å². The molecule has 0 amide bonds. The van der Waals surface area contributed by atoms with Crippen LogP contribution in [0, 0.1) is 11.3 Å². The molecule has 0 radical (unpaired) electrons. The van der Waals surface area contributed by atoms with Crippen molar-refractivity contribution in [3.63, 3.8) is 0 Å². The van der Waals surface area contributed by atoms with Crippen LogP contribution in [0.25, 0.3) is 0 Å². The van der Waals surface area contributed by atoms with E-state index < -0.39 is 11.6 Å². The molecule has 0 bridgehead atoms. The first-order valence-electron chi connectivity index (χ1n) is 9.37. The lowest BCUT2D eigenvalue weighted by atomic mass is 9.92. The molecule has 0 unspecified atom stereocenters. The minimum absolute atomic E-state index is 0.197. The average Bonchev–Trinajstić information content (AvgIpc) is 2.73. The molecule has 2 aromatic rings. The topological polar surface area (TPSA) is 93.8 Å². The summed E-state index contributed by atoms with van der Waals surface area (Å²) in [4.78, 5) is 13.2. The van der Waals surface area contributed by atoms with Crippen molar-refractivity contribution in [3.05, 3.63) is 65.2 Å². The van der Waals surface area contributed by atoms with E-state index >= 15 is 0 Å². The number of hydrogen-bond acceptors (Lipinski definition) is 5. The summed E-state index contributed by atoms with van der Waals surface area (Å²) >= 11 is 0. The maximum Gasteiger partial charge on any atom is 0.335 e. The van der Waals surface area contributed by atoms with Gasteiger partial charge >= 0.3 is 5.97 Å². The number of rotatable bonds is 7. The molecule has 1 fully saturated rings. The van der Waals surface area contributed by atoms with Gasteiger partial charge in [0, 0.05) is 19.6 Å². The number of nitrogens with zero attached hydrogens (tertiary/aromatic N) is 2. The van der Waals surface area contributed by atoms with Gasteiger partial charge in [0.1, 0.15) is 18.0 Å². The number of piperidine rings is 1. The Hall–Kier alpha value is -2.88. The molecule has 0 aliphatic carbocycles. The van der Waals surface area contributed by atoms with Gasteiger partial charge in [-0.05, 0) is 61.2 Å². The summed E-state index contributed by atoms with van der Waals surface area (Å²) in [5.74, 6) is -0.416. The molecule has 1 saturated heterocycles. The summed E-state index contributed by atoms with van der Waals surface area (Å²) in [6.07, 6.45) is 2.18. The standard InChI is InChI=1S/C22H24N2O4/c23-15-18-3-1-17(2-4-18)9-12-24-13-10-22(27,11-14-24)16-28-20-7-5-19(6-8-20)21(25)26/h1-8,27H,9-14,16H2,(H,25,26). The fourth-order valence-electron chi connectivity index (χ4n) is 3.28. The van der Waals surface area contributed by atoms with Crippen LogP contribution in [0.5, 0.6) is 5.75 Å². The highest BCUT2D eigenvalue weighted by atomic mass is 16.5. The summed E-state index contributed by atoms with van der Waals surface area (Å²) in [6, 6.07) is 16.0. The van der Waals surface area contributed by atoms with Gasteiger partial charge in [-0.3, -0.25) is 0 Å². The van der Waals surface area contributed by atoms with E-state index in [4.69, 9.17) is 15.1 Å². The van der Waals surface area contributed by atoms with E-state index in [1.54, 1.807) is 12.1 Å². The first kappa shape index (κ1) is 19.9. The predicted molar refractivity (Wildman–Crippen MR) is 104 cm³/mol. The Morgan fingerprint density at radius 2 is 1.75 bits per heavy atom. The fourth-order valence-corrected chi connectivity index (χ4v) is 3.28. The van der Waals surface area contributed by atoms with E-state index in [9.17, 15) is 9.90 Å². The van der Waals surface area contributed by atoms with Crippen LogP contribution < -0.4 is 4.74 Å². The van der Waals surface area contributed by atoms with Gasteiger partial charge in [0.15, 0.2) is 0 Å². The molecule has 6 nitrogen and oxygen atoms in total. The van der Waals surface area contributed by atoms with E-state index in [1.165, 1.54) is 17.7 Å². The largest absolute Gasteiger partial charge is 0.491 e. The number of carboxylic acid groups (broad SMARTS) is 1. The minimum atomic E-state index is -0.974. The Kier molecular flexibility index (Phi) is 6.30. The summed E-state index contributed by atoms with van der Waals surface area (Å²) in [6.45, 7) is 2.71. The molecule has 1 heterocycles. The lowest BCUT2D eigenvalue weighted by Crippen LogP contribution is -2.48. The van der Waals surface area contributed by atoms with Gasteiger partial charge in [-0.25, -0.2) is 4.79 Å². The smallest absolute Gasteiger partial charge is 0.335 e. The molecule has 0 spiro atoms. The van der Waals surface area contributed by atoms with Crippen LogP contribution in [0.2, 0.25) is 0 Å². The van der Waals surface area contributed by atoms with Gasteiger partial charge in [0.2, 0.25) is 0 Å². The first-order chi connectivity index (χ1) is 13.5. The van der Waals surface area contributed by atoms with Crippen molar-refractivity contribution < 1.29 is 19.7 Å². The summed E-state index contributed by atoms with van der Waals surface area (Å²) in [7, 11) is 0. The number of aromatic carboxylic acids is 1. The maximum atomic E-state index is 10.9. The predicted octanol–water partition coefficient (Wildman–Crippen LogP) is 2.70. The van der Waals surface area contributed by atoms with Crippen LogP contribution in [-0.4, -0.2) is 52.9 Å². The molecule has 0 aromatic heterocycles. The van der Waals surface area contributed by atoms with Gasteiger partial charge < -0.3 is 19.8 Å². The molecule has 28 heavy (non-hydrogen) atoms. The molecule has 0 atom stereocenters. The van der Waals surface area contributed by atoms with E-state index in [2.05, 4.69) is 11.0 Å². The summed E-state index contributed by atoms with van der Waals surface area (Å²) < 4.78 is 5.68. The number of carbonyl (C=O) groups is 1. The van der Waals surface area contributed by atoms with Crippen LogP contribution in [0.4, 0.5) is 0 Å². The number of likely N-dealkylation sites (tertiary alicyclic amines) is 1. The summed E-state index contributed by atoms with van der Waals surface area (Å²) in [5, 5.41) is 28.5. The van der Waals surface area contributed by atoms with Crippen molar-refractivity contribution in [2.75, 3.05) is 26.2 Å². The third-order valence-electron chi connectivity index (χ3n) is 5.20. The highest BCUT2D eigenvalue weighted by molar-refractivity contribution is 5.87. The molecule has 2 aromatic carbocycles. The van der Waals surface area contributed by atoms with Gasteiger partial charge in [0.05, 0.1) is 17.2 Å². The monoisotopic (exact) mass is 380 g/mol. The second kappa shape index (κ2) is 8.87. The third kappa shape index (κ3) is 5.32. The molecule has 0 saturated carbocycles. The van der Waals surface area contributed by atoms with Crippen molar-refractivity contribution in [3.8, 4) is 11.8 Å². The van der Waals surface area contributed by atoms with E-state index in [0.29, 0.717) is 24.2 Å². The van der Waals surface area contributed by atoms with Gasteiger partial charge in [-0.15, -0.1) is 0 Å². The molecule has 146 valence electrons. The van der Waals surface area contributed by atoms with Crippen molar-refractivity contribution in [2.45, 2.75) is 24.9 Å². The molecular weight excluding hydrogens is 356 g/mol. The van der Waals surface area contributed by atoms with Crippen molar-refractivity contribution in [2.24, 2.45) is 0 Å². The zero-order valence-corrected chi connectivity index (χ0v) is 15.7. The zero-order chi connectivity index (χ0) is 20.0. The highest BCUT2D eigenvalue weighted by Crippen LogP contribution is 2.24. The maximum absolute atomic E-state index is 10.9. The molecule has 3 rings (SSSR count).